The van der Waals surface area contributed by atoms with Crippen LogP contribution in [0.25, 0.3) is 0 Å². The number of rotatable bonds is 2. The number of nitrogens with zero attached hydrogens (tertiary/aromatic N) is 2. The van der Waals surface area contributed by atoms with Crippen molar-refractivity contribution >= 4 is 0 Å². The molecule has 3 aliphatic rings. The molecule has 116 valence electrons. The van der Waals surface area contributed by atoms with E-state index in [1.165, 1.54) is 58.3 Å². The van der Waals surface area contributed by atoms with Crippen LogP contribution in [0.5, 0.6) is 0 Å². The van der Waals surface area contributed by atoms with Crippen molar-refractivity contribution in [3.05, 3.63) is 0 Å². The van der Waals surface area contributed by atoms with E-state index in [-0.39, 0.29) is 0 Å². The topological polar surface area (TPSA) is 18.5 Å². The van der Waals surface area contributed by atoms with Gasteiger partial charge in [0, 0.05) is 24.7 Å². The van der Waals surface area contributed by atoms with Gasteiger partial charge in [-0.25, -0.2) is 0 Å². The Morgan fingerprint density at radius 1 is 0.950 bits per heavy atom. The molecule has 2 heterocycles. The predicted molar refractivity (Wildman–Crippen MR) is 85.0 cm³/mol. The Bertz CT molecular complexity index is 319. The van der Waals surface area contributed by atoms with E-state index < -0.39 is 0 Å². The Balaban J connectivity index is 1.72. The third-order valence-corrected chi connectivity index (χ3v) is 6.05. The van der Waals surface area contributed by atoms with Crippen LogP contribution in [0.1, 0.15) is 46.0 Å². The summed E-state index contributed by atoms with van der Waals surface area (Å²) in [6.07, 6.45) is 6.99. The second-order valence-electron chi connectivity index (χ2n) is 7.62. The average molecular weight is 279 g/mol. The summed E-state index contributed by atoms with van der Waals surface area (Å²) in [5.74, 6) is 1.72. The molecule has 0 amide bonds. The van der Waals surface area contributed by atoms with E-state index in [0.29, 0.717) is 6.04 Å². The summed E-state index contributed by atoms with van der Waals surface area (Å²) in [5, 5.41) is 3.64. The number of hydrogen-bond acceptors (Lipinski definition) is 3. The van der Waals surface area contributed by atoms with Crippen LogP contribution in [0.2, 0.25) is 0 Å². The quantitative estimate of drug-likeness (QED) is 0.836. The second-order valence-corrected chi connectivity index (χ2v) is 7.62. The number of nitrogens with one attached hydrogen (secondary N) is 1. The van der Waals surface area contributed by atoms with Crippen molar-refractivity contribution in [2.45, 2.75) is 64.1 Å². The molecule has 1 aliphatic carbocycles. The van der Waals surface area contributed by atoms with Gasteiger partial charge in [0.25, 0.3) is 0 Å². The molecule has 2 saturated heterocycles. The molecule has 3 rings (SSSR count). The van der Waals surface area contributed by atoms with Crippen LogP contribution in [0.3, 0.4) is 0 Å². The smallest absolute Gasteiger partial charge is 0.0275 e. The Morgan fingerprint density at radius 2 is 1.70 bits per heavy atom. The van der Waals surface area contributed by atoms with Gasteiger partial charge in [-0.15, -0.1) is 0 Å². The van der Waals surface area contributed by atoms with Gasteiger partial charge in [-0.2, -0.15) is 0 Å². The Morgan fingerprint density at radius 3 is 2.50 bits per heavy atom. The number of hydrogen-bond donors (Lipinski definition) is 1. The first-order valence-corrected chi connectivity index (χ1v) is 8.84. The normalized spacial score (nSPS) is 44.2. The summed E-state index contributed by atoms with van der Waals surface area (Å²) >= 11 is 0. The highest BCUT2D eigenvalue weighted by Gasteiger charge is 2.39. The summed E-state index contributed by atoms with van der Waals surface area (Å²) in [4.78, 5) is 5.61. The maximum Gasteiger partial charge on any atom is 0.0275 e. The van der Waals surface area contributed by atoms with Crippen LogP contribution < -0.4 is 5.32 Å². The SMILES string of the molecule is CNC1CC(C)CC(C)C1N1CCCN2CCCC2C1. The Kier molecular flexibility index (Phi) is 4.68. The molecular formula is C17H33N3. The van der Waals surface area contributed by atoms with Crippen molar-refractivity contribution in [2.75, 3.05) is 33.2 Å². The van der Waals surface area contributed by atoms with Gasteiger partial charge in [0.05, 0.1) is 0 Å². The van der Waals surface area contributed by atoms with E-state index in [2.05, 4.69) is 36.0 Å². The van der Waals surface area contributed by atoms with Gasteiger partial charge in [-0.05, 0) is 70.6 Å². The highest BCUT2D eigenvalue weighted by Crippen LogP contribution is 2.34. The van der Waals surface area contributed by atoms with Crippen LogP contribution in [-0.4, -0.2) is 61.2 Å². The first-order valence-electron chi connectivity index (χ1n) is 8.84. The summed E-state index contributed by atoms with van der Waals surface area (Å²) in [5.41, 5.74) is 0. The van der Waals surface area contributed by atoms with Crippen molar-refractivity contribution in [3.8, 4) is 0 Å². The van der Waals surface area contributed by atoms with Crippen LogP contribution in [0.15, 0.2) is 0 Å². The molecule has 3 fully saturated rings. The average Bonchev–Trinajstić information content (AvgIpc) is 2.75. The van der Waals surface area contributed by atoms with Gasteiger partial charge in [-0.3, -0.25) is 9.80 Å². The van der Waals surface area contributed by atoms with E-state index >= 15 is 0 Å². The molecule has 3 nitrogen and oxygen atoms in total. The monoisotopic (exact) mass is 279 g/mol. The molecule has 0 aromatic carbocycles. The van der Waals surface area contributed by atoms with Crippen molar-refractivity contribution in [3.63, 3.8) is 0 Å². The number of likely N-dealkylation sites (N-methyl/N-ethyl adjacent to an activating group) is 1. The molecule has 0 aromatic rings. The Labute approximate surface area is 125 Å². The fourth-order valence-electron chi connectivity index (χ4n) is 5.25. The highest BCUT2D eigenvalue weighted by atomic mass is 15.3. The van der Waals surface area contributed by atoms with Gasteiger partial charge in [0.15, 0.2) is 0 Å². The van der Waals surface area contributed by atoms with E-state index in [0.717, 1.165) is 23.9 Å². The van der Waals surface area contributed by atoms with E-state index in [1.54, 1.807) is 0 Å². The molecule has 0 radical (unpaired) electrons. The highest BCUT2D eigenvalue weighted by molar-refractivity contribution is 4.96. The summed E-state index contributed by atoms with van der Waals surface area (Å²) < 4.78 is 0. The summed E-state index contributed by atoms with van der Waals surface area (Å²) in [6.45, 7) is 10.2. The lowest BCUT2D eigenvalue weighted by Gasteiger charge is -2.46. The third kappa shape index (κ3) is 2.90. The molecule has 3 heteroatoms. The van der Waals surface area contributed by atoms with Crippen LogP contribution in [-0.2, 0) is 0 Å². The van der Waals surface area contributed by atoms with Crippen LogP contribution in [0, 0.1) is 11.8 Å². The van der Waals surface area contributed by atoms with Gasteiger partial charge in [-0.1, -0.05) is 13.8 Å². The maximum absolute atomic E-state index is 3.64. The zero-order chi connectivity index (χ0) is 14.1. The van der Waals surface area contributed by atoms with Gasteiger partial charge < -0.3 is 5.32 Å². The Hall–Kier alpha value is -0.120. The lowest BCUT2D eigenvalue weighted by atomic mass is 9.75. The zero-order valence-corrected chi connectivity index (χ0v) is 13.6. The number of fused-ring (bicyclic) bond motifs is 1. The van der Waals surface area contributed by atoms with E-state index in [1.807, 2.05) is 0 Å². The fraction of sp³-hybridized carbons (Fsp3) is 1.00. The van der Waals surface area contributed by atoms with Crippen molar-refractivity contribution in [2.24, 2.45) is 11.8 Å². The van der Waals surface area contributed by atoms with Crippen molar-refractivity contribution in [1.29, 1.82) is 0 Å². The van der Waals surface area contributed by atoms with Crippen LogP contribution >= 0.6 is 0 Å². The molecule has 5 unspecified atom stereocenters. The summed E-state index contributed by atoms with van der Waals surface area (Å²) in [7, 11) is 2.17. The summed E-state index contributed by atoms with van der Waals surface area (Å²) in [6, 6.07) is 2.31. The molecule has 1 N–H and O–H groups in total. The fourth-order valence-corrected chi connectivity index (χ4v) is 5.25. The molecule has 0 bridgehead atoms. The lowest BCUT2D eigenvalue weighted by molar-refractivity contribution is 0.0589. The van der Waals surface area contributed by atoms with E-state index in [4.69, 9.17) is 0 Å². The van der Waals surface area contributed by atoms with Gasteiger partial charge in [0.1, 0.15) is 0 Å². The minimum absolute atomic E-state index is 0.696. The largest absolute Gasteiger partial charge is 0.315 e. The minimum atomic E-state index is 0.696. The molecule has 0 aromatic heterocycles. The van der Waals surface area contributed by atoms with Gasteiger partial charge in [0.2, 0.25) is 0 Å². The first kappa shape index (κ1) is 14.8. The minimum Gasteiger partial charge on any atom is -0.315 e. The van der Waals surface area contributed by atoms with Crippen molar-refractivity contribution < 1.29 is 0 Å². The zero-order valence-electron chi connectivity index (χ0n) is 13.6. The van der Waals surface area contributed by atoms with E-state index in [9.17, 15) is 0 Å². The predicted octanol–water partition coefficient (Wildman–Crippen LogP) is 2.18. The third-order valence-electron chi connectivity index (χ3n) is 6.05. The first-order chi connectivity index (χ1) is 9.69. The second kappa shape index (κ2) is 6.33. The molecular weight excluding hydrogens is 246 g/mol. The van der Waals surface area contributed by atoms with Crippen molar-refractivity contribution in [1.82, 2.24) is 15.1 Å². The lowest BCUT2D eigenvalue weighted by Crippen LogP contribution is -2.57. The maximum atomic E-state index is 3.64. The van der Waals surface area contributed by atoms with Gasteiger partial charge >= 0.3 is 0 Å². The standard InChI is InChI=1S/C17H33N3/c1-13-10-14(2)17(16(11-13)18-3)20-9-5-8-19-7-4-6-15(19)12-20/h13-18H,4-12H2,1-3H3. The molecule has 2 aliphatic heterocycles. The molecule has 20 heavy (non-hydrogen) atoms. The molecule has 0 spiro atoms. The van der Waals surface area contributed by atoms with Crippen LogP contribution in [0.4, 0.5) is 0 Å². The molecule has 5 atom stereocenters. The molecule has 1 saturated carbocycles.